The van der Waals surface area contributed by atoms with Gasteiger partial charge in [0.2, 0.25) is 0 Å². The van der Waals surface area contributed by atoms with Crippen LogP contribution in [0.4, 0.5) is 15.0 Å². The van der Waals surface area contributed by atoms with Gasteiger partial charge in [-0.3, -0.25) is 0 Å². The number of nitrogens with one attached hydrogen (secondary N) is 1. The molecular formula is C25H30FN5O5. The summed E-state index contributed by atoms with van der Waals surface area (Å²) in [5.41, 5.74) is 1.18. The summed E-state index contributed by atoms with van der Waals surface area (Å²) in [4.78, 5) is 30.1. The van der Waals surface area contributed by atoms with Gasteiger partial charge in [0.1, 0.15) is 34.7 Å². The van der Waals surface area contributed by atoms with Gasteiger partial charge in [0, 0.05) is 23.9 Å². The molecule has 11 heteroatoms. The number of hydrogen-bond donors (Lipinski definition) is 2. The van der Waals surface area contributed by atoms with Gasteiger partial charge in [0.25, 0.3) is 0 Å². The van der Waals surface area contributed by atoms with Gasteiger partial charge in [0.15, 0.2) is 5.65 Å². The Morgan fingerprint density at radius 3 is 2.72 bits per heavy atom. The Morgan fingerprint density at radius 2 is 2.03 bits per heavy atom. The highest BCUT2D eigenvalue weighted by Gasteiger charge is 2.30. The molecule has 0 spiro atoms. The lowest BCUT2D eigenvalue weighted by Gasteiger charge is -2.29. The third-order valence-corrected chi connectivity index (χ3v) is 5.82. The molecule has 3 aromatic rings. The van der Waals surface area contributed by atoms with Gasteiger partial charge in [0.05, 0.1) is 18.8 Å². The third-order valence-electron chi connectivity index (χ3n) is 5.82. The second kappa shape index (κ2) is 9.63. The van der Waals surface area contributed by atoms with Gasteiger partial charge in [-0.15, -0.1) is 0 Å². The van der Waals surface area contributed by atoms with Gasteiger partial charge in [-0.2, -0.15) is 5.10 Å². The number of aromatic nitrogens is 3. The molecule has 2 atom stereocenters. The minimum atomic E-state index is -1.11. The number of benzene rings is 1. The molecule has 1 amide bonds. The van der Waals surface area contributed by atoms with Crippen LogP contribution in [-0.2, 0) is 11.2 Å². The number of ether oxygens (including phenoxy) is 2. The Labute approximate surface area is 208 Å². The van der Waals surface area contributed by atoms with Crippen LogP contribution in [0.2, 0.25) is 0 Å². The van der Waals surface area contributed by atoms with E-state index in [9.17, 15) is 19.1 Å². The fourth-order valence-electron chi connectivity index (χ4n) is 4.16. The number of aromatic carboxylic acids is 1. The lowest BCUT2D eigenvalue weighted by atomic mass is 10.1. The number of anilines is 1. The van der Waals surface area contributed by atoms with E-state index in [0.29, 0.717) is 30.1 Å². The molecule has 0 aliphatic carbocycles. The maximum absolute atomic E-state index is 14.3. The van der Waals surface area contributed by atoms with Crippen LogP contribution in [0.3, 0.4) is 0 Å². The predicted octanol–water partition coefficient (Wildman–Crippen LogP) is 3.98. The maximum Gasteiger partial charge on any atom is 0.407 e. The van der Waals surface area contributed by atoms with Crippen molar-refractivity contribution in [1.29, 1.82) is 0 Å². The van der Waals surface area contributed by atoms with Crippen molar-refractivity contribution in [3.63, 3.8) is 0 Å². The SMILES string of the molecule is C[C@H](c1cc(F)ccc1O[C@@H](C)CNC(=O)OC(C)(C)C)N1CCc2cn3ncc(C(=O)O)c3nc21. The van der Waals surface area contributed by atoms with Crippen molar-refractivity contribution < 1.29 is 28.6 Å². The van der Waals surface area contributed by atoms with E-state index >= 15 is 0 Å². The maximum atomic E-state index is 14.3. The number of amides is 1. The van der Waals surface area contributed by atoms with Crippen LogP contribution in [0.15, 0.2) is 30.6 Å². The minimum absolute atomic E-state index is 0.0124. The second-order valence-electron chi connectivity index (χ2n) is 9.83. The quantitative estimate of drug-likeness (QED) is 0.501. The first kappa shape index (κ1) is 25.2. The Bertz CT molecular complexity index is 1300. The van der Waals surface area contributed by atoms with E-state index in [1.807, 2.05) is 11.8 Å². The molecule has 192 valence electrons. The van der Waals surface area contributed by atoms with Crippen molar-refractivity contribution in [2.24, 2.45) is 0 Å². The van der Waals surface area contributed by atoms with Crippen molar-refractivity contribution in [3.05, 3.63) is 53.1 Å². The molecular weight excluding hydrogens is 469 g/mol. The first-order valence-electron chi connectivity index (χ1n) is 11.7. The van der Waals surface area contributed by atoms with E-state index in [4.69, 9.17) is 9.47 Å². The van der Waals surface area contributed by atoms with Crippen molar-refractivity contribution >= 4 is 23.5 Å². The van der Waals surface area contributed by atoms with Gasteiger partial charge in [-0.1, -0.05) is 0 Å². The lowest BCUT2D eigenvalue weighted by molar-refractivity contribution is 0.0504. The topological polar surface area (TPSA) is 118 Å². The molecule has 1 aliphatic rings. The van der Waals surface area contributed by atoms with E-state index in [1.165, 1.54) is 22.8 Å². The third kappa shape index (κ3) is 5.34. The van der Waals surface area contributed by atoms with Crippen LogP contribution in [0, 0.1) is 5.82 Å². The molecule has 0 fully saturated rings. The summed E-state index contributed by atoms with van der Waals surface area (Å²) in [6.45, 7) is 9.88. The number of carbonyl (C=O) groups is 2. The monoisotopic (exact) mass is 499 g/mol. The molecule has 10 nitrogen and oxygen atoms in total. The zero-order valence-electron chi connectivity index (χ0n) is 20.9. The number of carbonyl (C=O) groups excluding carboxylic acids is 1. The fraction of sp³-hybridized carbons (Fsp3) is 0.440. The summed E-state index contributed by atoms with van der Waals surface area (Å²) in [5, 5.41) is 16.2. The number of carboxylic acid groups (broad SMARTS) is 1. The molecule has 0 saturated carbocycles. The van der Waals surface area contributed by atoms with Crippen LogP contribution in [0.25, 0.3) is 5.65 Å². The van der Waals surface area contributed by atoms with E-state index in [0.717, 1.165) is 5.56 Å². The summed E-state index contributed by atoms with van der Waals surface area (Å²) in [6, 6.07) is 3.99. The van der Waals surface area contributed by atoms with Gasteiger partial charge >= 0.3 is 12.1 Å². The Balaban J connectivity index is 1.55. The van der Waals surface area contributed by atoms with E-state index in [-0.39, 0.29) is 23.8 Å². The first-order chi connectivity index (χ1) is 16.9. The summed E-state index contributed by atoms with van der Waals surface area (Å²) in [7, 11) is 0. The molecule has 2 N–H and O–H groups in total. The van der Waals surface area contributed by atoms with E-state index < -0.39 is 29.6 Å². The summed E-state index contributed by atoms with van der Waals surface area (Å²) in [5.74, 6) is -0.402. The zero-order valence-corrected chi connectivity index (χ0v) is 20.9. The molecule has 0 unspecified atom stereocenters. The highest BCUT2D eigenvalue weighted by atomic mass is 19.1. The van der Waals surface area contributed by atoms with Crippen molar-refractivity contribution in [1.82, 2.24) is 19.9 Å². The van der Waals surface area contributed by atoms with Crippen molar-refractivity contribution in [2.75, 3.05) is 18.0 Å². The van der Waals surface area contributed by atoms with Crippen molar-refractivity contribution in [2.45, 2.75) is 58.8 Å². The smallest absolute Gasteiger partial charge is 0.407 e. The van der Waals surface area contributed by atoms with E-state index in [1.54, 1.807) is 40.0 Å². The minimum Gasteiger partial charge on any atom is -0.489 e. The van der Waals surface area contributed by atoms with E-state index in [2.05, 4.69) is 15.4 Å². The van der Waals surface area contributed by atoms with Gasteiger partial charge in [-0.05, 0) is 59.2 Å². The fourth-order valence-corrected chi connectivity index (χ4v) is 4.16. The van der Waals surface area contributed by atoms with Gasteiger partial charge in [-0.25, -0.2) is 23.5 Å². The molecule has 2 aromatic heterocycles. The summed E-state index contributed by atoms with van der Waals surface area (Å²) in [6.07, 6.45) is 2.79. The highest BCUT2D eigenvalue weighted by molar-refractivity contribution is 5.94. The lowest BCUT2D eigenvalue weighted by Crippen LogP contribution is -2.37. The standard InChI is InChI=1S/C25H30FN5O5/c1-14(11-27-24(34)36-25(3,4)5)35-20-7-6-17(26)10-18(20)15(2)30-9-8-16-13-31-22(29-21(16)30)19(12-28-31)23(32)33/h6-7,10,12-15H,8-9,11H2,1-5H3,(H,27,34)(H,32,33)/t14-,15+/m0/s1. The summed E-state index contributed by atoms with van der Waals surface area (Å²) >= 11 is 0. The Morgan fingerprint density at radius 1 is 1.28 bits per heavy atom. The molecule has 1 aliphatic heterocycles. The largest absolute Gasteiger partial charge is 0.489 e. The molecule has 1 aromatic carbocycles. The molecule has 3 heterocycles. The Kier molecular flexibility index (Phi) is 6.75. The van der Waals surface area contributed by atoms with Crippen LogP contribution in [0.5, 0.6) is 5.75 Å². The van der Waals surface area contributed by atoms with Crippen LogP contribution in [-0.4, -0.2) is 56.6 Å². The molecule has 4 rings (SSSR count). The normalized spacial score (nSPS) is 14.9. The number of alkyl carbamates (subject to hydrolysis) is 1. The molecule has 0 radical (unpaired) electrons. The average Bonchev–Trinajstić information content (AvgIpc) is 3.39. The number of fused-ring (bicyclic) bond motifs is 2. The number of hydrogen-bond acceptors (Lipinski definition) is 7. The number of carboxylic acids is 1. The Hall–Kier alpha value is -3.89. The van der Waals surface area contributed by atoms with Gasteiger partial charge < -0.3 is 24.8 Å². The number of nitrogens with zero attached hydrogens (tertiary/aromatic N) is 4. The molecule has 0 bridgehead atoms. The van der Waals surface area contributed by atoms with Crippen molar-refractivity contribution in [3.8, 4) is 5.75 Å². The van der Waals surface area contributed by atoms with Crippen LogP contribution in [0.1, 0.15) is 62.1 Å². The average molecular weight is 500 g/mol. The molecule has 0 saturated heterocycles. The second-order valence-corrected chi connectivity index (χ2v) is 9.83. The summed E-state index contributed by atoms with van der Waals surface area (Å²) < 4.78 is 27.1. The van der Waals surface area contributed by atoms with Crippen LogP contribution < -0.4 is 15.0 Å². The number of halogens is 1. The predicted molar refractivity (Wildman–Crippen MR) is 130 cm³/mol. The highest BCUT2D eigenvalue weighted by Crippen LogP contribution is 2.37. The number of rotatable bonds is 7. The molecule has 36 heavy (non-hydrogen) atoms. The van der Waals surface area contributed by atoms with Crippen LogP contribution >= 0.6 is 0 Å². The zero-order chi connectivity index (χ0) is 26.2. The first-order valence-corrected chi connectivity index (χ1v) is 11.7.